The van der Waals surface area contributed by atoms with E-state index in [0.29, 0.717) is 16.9 Å². The lowest BCUT2D eigenvalue weighted by molar-refractivity contribution is -0.122. The highest BCUT2D eigenvalue weighted by Gasteiger charge is 2.35. The van der Waals surface area contributed by atoms with Gasteiger partial charge in [0.25, 0.3) is 11.8 Å². The maximum atomic E-state index is 13.2. The van der Waals surface area contributed by atoms with Crippen molar-refractivity contribution < 1.29 is 19.1 Å². The van der Waals surface area contributed by atoms with Crippen LogP contribution in [-0.4, -0.2) is 66.2 Å². The number of amides is 2. The molecule has 0 spiro atoms. The van der Waals surface area contributed by atoms with E-state index < -0.39 is 0 Å². The zero-order valence-corrected chi connectivity index (χ0v) is 20.2. The van der Waals surface area contributed by atoms with Crippen LogP contribution < -0.4 is 10.1 Å². The fourth-order valence-electron chi connectivity index (χ4n) is 5.32. The van der Waals surface area contributed by atoms with E-state index in [1.54, 1.807) is 13.3 Å². The molecule has 4 aromatic rings. The van der Waals surface area contributed by atoms with Crippen LogP contribution >= 0.6 is 0 Å². The molecule has 0 unspecified atom stereocenters. The Hall–Kier alpha value is -3.88. The van der Waals surface area contributed by atoms with Gasteiger partial charge >= 0.3 is 0 Å². The molecule has 1 fully saturated rings. The Morgan fingerprint density at radius 1 is 0.944 bits per heavy atom. The molecule has 1 saturated heterocycles. The lowest BCUT2D eigenvalue weighted by atomic mass is 9.95. The number of aryl methyl sites for hydroxylation is 1. The minimum atomic E-state index is -0.379. The zero-order chi connectivity index (χ0) is 24.6. The van der Waals surface area contributed by atoms with E-state index in [-0.39, 0.29) is 11.8 Å². The number of benzene rings is 2. The molecule has 36 heavy (non-hydrogen) atoms. The molecule has 184 valence electrons. The highest BCUT2D eigenvalue weighted by Crippen LogP contribution is 2.39. The number of rotatable bonds is 7. The van der Waals surface area contributed by atoms with Crippen molar-refractivity contribution in [3.05, 3.63) is 66.0 Å². The van der Waals surface area contributed by atoms with Crippen molar-refractivity contribution in [3.8, 4) is 5.75 Å². The van der Waals surface area contributed by atoms with Crippen molar-refractivity contribution in [2.75, 3.05) is 40.0 Å². The van der Waals surface area contributed by atoms with Crippen LogP contribution in [0.5, 0.6) is 5.75 Å². The Morgan fingerprint density at radius 2 is 1.72 bits per heavy atom. The van der Waals surface area contributed by atoms with Gasteiger partial charge in [-0.1, -0.05) is 18.2 Å². The first-order chi connectivity index (χ1) is 17.6. The number of imide groups is 1. The van der Waals surface area contributed by atoms with E-state index in [2.05, 4.69) is 19.8 Å². The van der Waals surface area contributed by atoms with E-state index in [0.717, 1.165) is 78.7 Å². The summed E-state index contributed by atoms with van der Waals surface area (Å²) in [5.41, 5.74) is 4.17. The van der Waals surface area contributed by atoms with Crippen LogP contribution in [0.25, 0.3) is 33.0 Å². The Balaban J connectivity index is 1.45. The molecule has 0 atom stereocenters. The summed E-state index contributed by atoms with van der Waals surface area (Å²) in [6.07, 6.45) is 4.78. The van der Waals surface area contributed by atoms with Crippen molar-refractivity contribution in [1.82, 2.24) is 19.8 Å². The third kappa shape index (κ3) is 3.88. The number of hydrogen-bond acceptors (Lipinski definition) is 5. The molecule has 8 nitrogen and oxygen atoms in total. The molecular weight excluding hydrogens is 456 g/mol. The van der Waals surface area contributed by atoms with Crippen LogP contribution in [0.2, 0.25) is 0 Å². The lowest BCUT2D eigenvalue weighted by Gasteiger charge is -2.26. The SMILES string of the molecule is COc1ccc2c(c1)c(C1=C(c3c[nH]c4ccccc34)C(=O)NC1=O)cn2CCCN1CCOCC1. The molecule has 2 aromatic heterocycles. The van der Waals surface area contributed by atoms with Crippen LogP contribution in [0, 0.1) is 0 Å². The number of nitrogens with zero attached hydrogens (tertiary/aromatic N) is 2. The highest BCUT2D eigenvalue weighted by molar-refractivity contribution is 6.50. The summed E-state index contributed by atoms with van der Waals surface area (Å²) in [5, 5.41) is 4.32. The van der Waals surface area contributed by atoms with Crippen molar-refractivity contribution in [2.24, 2.45) is 0 Å². The van der Waals surface area contributed by atoms with Gasteiger partial charge in [-0.05, 0) is 30.7 Å². The quantitative estimate of drug-likeness (QED) is 0.393. The predicted molar refractivity (Wildman–Crippen MR) is 139 cm³/mol. The molecule has 8 heteroatoms. The second-order valence-corrected chi connectivity index (χ2v) is 9.21. The summed E-state index contributed by atoms with van der Waals surface area (Å²) in [6, 6.07) is 13.7. The fraction of sp³-hybridized carbons (Fsp3) is 0.286. The van der Waals surface area contributed by atoms with Crippen molar-refractivity contribution in [3.63, 3.8) is 0 Å². The Bertz CT molecular complexity index is 1510. The number of ether oxygens (including phenoxy) is 2. The number of carbonyl (C=O) groups is 2. The molecule has 0 bridgehead atoms. The van der Waals surface area contributed by atoms with Gasteiger partial charge in [0.1, 0.15) is 5.75 Å². The number of para-hydroxylation sites is 1. The van der Waals surface area contributed by atoms with Crippen molar-refractivity contribution in [1.29, 1.82) is 0 Å². The molecule has 2 aliphatic heterocycles. The minimum absolute atomic E-state index is 0.379. The van der Waals surface area contributed by atoms with Gasteiger partial charge < -0.3 is 19.0 Å². The van der Waals surface area contributed by atoms with Crippen LogP contribution in [0.4, 0.5) is 0 Å². The normalized spacial score (nSPS) is 16.9. The lowest BCUT2D eigenvalue weighted by Crippen LogP contribution is -2.37. The molecule has 4 heterocycles. The van der Waals surface area contributed by atoms with Gasteiger partial charge in [-0.3, -0.25) is 19.8 Å². The number of carbonyl (C=O) groups excluding carboxylic acids is 2. The van der Waals surface area contributed by atoms with Crippen molar-refractivity contribution >= 4 is 44.8 Å². The van der Waals surface area contributed by atoms with Gasteiger partial charge in [0, 0.05) is 71.5 Å². The Kier molecular flexibility index (Phi) is 5.83. The molecule has 2 aromatic carbocycles. The van der Waals surface area contributed by atoms with Gasteiger partial charge in [0.15, 0.2) is 0 Å². The average Bonchev–Trinajstić information content (AvgIpc) is 3.57. The maximum absolute atomic E-state index is 13.2. The number of nitrogens with one attached hydrogen (secondary N) is 2. The molecule has 0 radical (unpaired) electrons. The number of fused-ring (bicyclic) bond motifs is 2. The number of hydrogen-bond donors (Lipinski definition) is 2. The van der Waals surface area contributed by atoms with Crippen LogP contribution in [0.15, 0.2) is 54.9 Å². The molecule has 0 aliphatic carbocycles. The molecule has 2 N–H and O–H groups in total. The number of aromatic amines is 1. The van der Waals surface area contributed by atoms with E-state index in [4.69, 9.17) is 9.47 Å². The smallest absolute Gasteiger partial charge is 0.259 e. The summed E-state index contributed by atoms with van der Waals surface area (Å²) in [5.74, 6) is -0.0554. The third-order valence-electron chi connectivity index (χ3n) is 7.12. The predicted octanol–water partition coefficient (Wildman–Crippen LogP) is 3.42. The topological polar surface area (TPSA) is 88.6 Å². The maximum Gasteiger partial charge on any atom is 0.259 e. The standard InChI is InChI=1S/C28H28N4O4/c1-35-18-7-8-24-20(15-18)22(17-32(24)10-4-9-31-11-13-36-14-12-31)26-25(27(33)30-28(26)34)21-16-29-23-6-3-2-5-19(21)23/h2-3,5-8,15-17,29H,4,9-14H2,1H3,(H,30,33,34). The first-order valence-corrected chi connectivity index (χ1v) is 12.3. The van der Waals surface area contributed by atoms with Gasteiger partial charge in [0.2, 0.25) is 0 Å². The first kappa shape index (κ1) is 22.6. The van der Waals surface area contributed by atoms with Gasteiger partial charge in [-0.15, -0.1) is 0 Å². The summed E-state index contributed by atoms with van der Waals surface area (Å²) in [7, 11) is 1.63. The average molecular weight is 485 g/mol. The van der Waals surface area contributed by atoms with Gasteiger partial charge in [-0.2, -0.15) is 0 Å². The van der Waals surface area contributed by atoms with Crippen LogP contribution in [0.3, 0.4) is 0 Å². The minimum Gasteiger partial charge on any atom is -0.497 e. The molecule has 2 amide bonds. The zero-order valence-electron chi connectivity index (χ0n) is 20.2. The molecule has 2 aliphatic rings. The number of H-pyrrole nitrogens is 1. The number of morpholine rings is 1. The largest absolute Gasteiger partial charge is 0.497 e. The summed E-state index contributed by atoms with van der Waals surface area (Å²) < 4.78 is 13.1. The highest BCUT2D eigenvalue weighted by atomic mass is 16.5. The number of aromatic nitrogens is 2. The second kappa shape index (κ2) is 9.29. The molecule has 6 rings (SSSR count). The molecular formula is C28H28N4O4. The van der Waals surface area contributed by atoms with E-state index in [9.17, 15) is 9.59 Å². The number of methoxy groups -OCH3 is 1. The monoisotopic (exact) mass is 484 g/mol. The second-order valence-electron chi connectivity index (χ2n) is 9.21. The summed E-state index contributed by atoms with van der Waals surface area (Å²) >= 11 is 0. The third-order valence-corrected chi connectivity index (χ3v) is 7.12. The van der Waals surface area contributed by atoms with Crippen molar-refractivity contribution in [2.45, 2.75) is 13.0 Å². The van der Waals surface area contributed by atoms with Crippen LogP contribution in [0.1, 0.15) is 17.5 Å². The summed E-state index contributed by atoms with van der Waals surface area (Å²) in [4.78, 5) is 31.9. The van der Waals surface area contributed by atoms with E-state index >= 15 is 0 Å². The van der Waals surface area contributed by atoms with Gasteiger partial charge in [-0.25, -0.2) is 0 Å². The Morgan fingerprint density at radius 3 is 2.53 bits per heavy atom. The van der Waals surface area contributed by atoms with Crippen LogP contribution in [-0.2, 0) is 20.9 Å². The Labute approximate surface area is 208 Å². The fourth-order valence-corrected chi connectivity index (χ4v) is 5.32. The van der Waals surface area contributed by atoms with E-state index in [1.165, 1.54) is 0 Å². The summed E-state index contributed by atoms with van der Waals surface area (Å²) in [6.45, 7) is 5.26. The van der Waals surface area contributed by atoms with E-state index in [1.807, 2.05) is 48.7 Å². The van der Waals surface area contributed by atoms with Gasteiger partial charge in [0.05, 0.1) is 31.5 Å². The molecule has 0 saturated carbocycles. The first-order valence-electron chi connectivity index (χ1n) is 12.3.